The highest BCUT2D eigenvalue weighted by molar-refractivity contribution is 5.81. The predicted molar refractivity (Wildman–Crippen MR) is 240 cm³/mol. The lowest BCUT2D eigenvalue weighted by Gasteiger charge is -2.41. The van der Waals surface area contributed by atoms with Crippen LogP contribution in [-0.2, 0) is 28.6 Å². The van der Waals surface area contributed by atoms with E-state index in [0.29, 0.717) is 12.8 Å². The van der Waals surface area contributed by atoms with Crippen LogP contribution in [0, 0.1) is 11.8 Å². The Morgan fingerprint density at radius 1 is 0.682 bits per heavy atom. The second-order valence-corrected chi connectivity index (χ2v) is 17.6. The summed E-state index contributed by atoms with van der Waals surface area (Å²) in [7, 11) is 0. The lowest BCUT2D eigenvalue weighted by atomic mass is 9.86. The zero-order valence-electron chi connectivity index (χ0n) is 38.2. The van der Waals surface area contributed by atoms with Gasteiger partial charge in [0.05, 0.1) is 79.6 Å². The van der Waals surface area contributed by atoms with E-state index in [4.69, 9.17) is 19.9 Å². The molecule has 1 saturated heterocycles. The summed E-state index contributed by atoms with van der Waals surface area (Å²) in [4.78, 5) is 37.8. The Morgan fingerprint density at radius 2 is 1.26 bits per heavy atom. The monoisotopic (exact) mass is 941 g/mol. The molecule has 19 nitrogen and oxygen atoms in total. The second-order valence-electron chi connectivity index (χ2n) is 17.6. The summed E-state index contributed by atoms with van der Waals surface area (Å²) in [6.07, 6.45) is -1.60. The fourth-order valence-electron chi connectivity index (χ4n) is 7.48. The number of allylic oxidation sites excluding steroid dienone is 10. The number of aliphatic hydroxyl groups is 11. The van der Waals surface area contributed by atoms with Crippen molar-refractivity contribution in [3.63, 3.8) is 0 Å². The first-order valence-corrected chi connectivity index (χ1v) is 22.5. The van der Waals surface area contributed by atoms with Gasteiger partial charge in [0.15, 0.2) is 6.29 Å². The van der Waals surface area contributed by atoms with Crippen molar-refractivity contribution < 1.29 is 89.9 Å². The van der Waals surface area contributed by atoms with Crippen molar-refractivity contribution in [2.24, 2.45) is 17.6 Å². The molecule has 0 spiro atoms. The van der Waals surface area contributed by atoms with Crippen LogP contribution >= 0.6 is 0 Å². The second kappa shape index (κ2) is 29.4. The van der Waals surface area contributed by atoms with Gasteiger partial charge in [-0.05, 0) is 59.3 Å². The van der Waals surface area contributed by atoms with E-state index in [1.54, 1.807) is 43.4 Å². The number of aliphatic carboxylic acids is 1. The first kappa shape index (κ1) is 58.6. The van der Waals surface area contributed by atoms with E-state index in [2.05, 4.69) is 0 Å². The molecule has 0 aromatic heterocycles. The minimum atomic E-state index is -1.96. The van der Waals surface area contributed by atoms with Gasteiger partial charge in [-0.15, -0.1) is 0 Å². The molecule has 1 fully saturated rings. The zero-order chi connectivity index (χ0) is 49.7. The Labute approximate surface area is 386 Å². The van der Waals surface area contributed by atoms with E-state index < -0.39 is 153 Å². The topological polar surface area (TPSA) is 348 Å². The fourth-order valence-corrected chi connectivity index (χ4v) is 7.48. The van der Waals surface area contributed by atoms with Crippen LogP contribution in [-0.4, -0.2) is 176 Å². The average molecular weight is 942 g/mol. The number of carboxylic acids is 1. The number of esters is 1. The lowest BCUT2D eigenvalue weighted by Crippen LogP contribution is -2.61. The van der Waals surface area contributed by atoms with Gasteiger partial charge in [0, 0.05) is 25.2 Å². The van der Waals surface area contributed by atoms with Crippen molar-refractivity contribution in [3.8, 4) is 0 Å². The average Bonchev–Trinajstić information content (AvgIpc) is 3.22. The van der Waals surface area contributed by atoms with Crippen LogP contribution in [0.4, 0.5) is 0 Å². The number of hydrogen-bond acceptors (Lipinski definition) is 18. The van der Waals surface area contributed by atoms with Crippen LogP contribution in [0.15, 0.2) is 72.9 Å². The maximum Gasteiger partial charge on any atom is 0.311 e. The van der Waals surface area contributed by atoms with E-state index in [1.165, 1.54) is 39.0 Å². The summed E-state index contributed by atoms with van der Waals surface area (Å²) in [6.45, 7) is 6.04. The number of ether oxygens (including phenoxy) is 3. The van der Waals surface area contributed by atoms with Crippen molar-refractivity contribution in [1.82, 2.24) is 0 Å². The van der Waals surface area contributed by atoms with Crippen LogP contribution in [0.5, 0.6) is 0 Å². The molecule has 0 amide bonds. The Kier molecular flexibility index (Phi) is 26.1. The molecule has 0 aliphatic carbocycles. The number of ketones is 1. The maximum absolute atomic E-state index is 12.9. The van der Waals surface area contributed by atoms with Gasteiger partial charge in [-0.2, -0.15) is 0 Å². The molecule has 66 heavy (non-hydrogen) atoms. The molecule has 18 unspecified atom stereocenters. The third-order valence-corrected chi connectivity index (χ3v) is 11.8. The molecular formula is C47H75NO18. The van der Waals surface area contributed by atoms with Crippen molar-refractivity contribution in [2.75, 3.05) is 0 Å². The SMILES string of the molecule is CC1OC(=O)CC(O)CC(O)CC(O)CCC(O)C(O)CC(=O)CC(O)C(C(=O)O)C(O)CC(OC2OC(C)C(O)C(N)C2O)C=CC=CC=CC=CCCC=CC=CC(C)(O)C(O)C1C. The summed E-state index contributed by atoms with van der Waals surface area (Å²) < 4.78 is 16.9. The maximum atomic E-state index is 12.9. The number of carbonyl (C=O) groups is 3. The molecule has 0 radical (unpaired) electrons. The number of carbonyl (C=O) groups excluding carboxylic acids is 2. The standard InChI is InChI=1S/C47H75NO18/c1-27-28(2)64-39(57)25-32(51)22-31(50)21-30(49)18-19-35(53)36(54)23-33(52)24-37(55)40(45(61)62)38(56)26-34(66-46-43(59)41(48)42(58)29(3)65-46)17-15-13-11-9-7-5-6-8-10-12-14-16-20-47(4,63)44(27)60/h5-7,9,11-17,20,27-32,34-38,40-44,46,49-51,53-56,58-60,63H,8,10,18-19,21-26,48H2,1-4H3,(H,61,62). The van der Waals surface area contributed by atoms with Crippen molar-refractivity contribution in [2.45, 2.75) is 189 Å². The number of cyclic esters (lactones) is 1. The van der Waals surface area contributed by atoms with E-state index in [9.17, 15) is 75.7 Å². The molecular weight excluding hydrogens is 867 g/mol. The first-order valence-electron chi connectivity index (χ1n) is 22.5. The largest absolute Gasteiger partial charge is 0.481 e. The third kappa shape index (κ3) is 20.8. The van der Waals surface area contributed by atoms with Gasteiger partial charge in [-0.25, -0.2) is 0 Å². The van der Waals surface area contributed by atoms with Crippen LogP contribution in [0.3, 0.4) is 0 Å². The smallest absolute Gasteiger partial charge is 0.311 e. The highest BCUT2D eigenvalue weighted by Crippen LogP contribution is 2.27. The number of Topliss-reactive ketones (excluding diaryl/α,β-unsaturated/α-hetero) is 1. The number of aliphatic hydroxyl groups excluding tert-OH is 10. The minimum absolute atomic E-state index is 0.166. The summed E-state index contributed by atoms with van der Waals surface area (Å²) in [5.41, 5.74) is 4.27. The van der Waals surface area contributed by atoms with Crippen LogP contribution in [0.2, 0.25) is 0 Å². The van der Waals surface area contributed by atoms with Gasteiger partial charge in [0.2, 0.25) is 0 Å². The molecule has 376 valence electrons. The minimum Gasteiger partial charge on any atom is -0.481 e. The van der Waals surface area contributed by atoms with E-state index in [0.717, 1.165) is 0 Å². The van der Waals surface area contributed by atoms with E-state index in [1.807, 2.05) is 18.2 Å². The van der Waals surface area contributed by atoms with Crippen LogP contribution in [0.1, 0.15) is 91.9 Å². The molecule has 18 atom stereocenters. The fraction of sp³-hybridized carbons (Fsp3) is 0.681. The quantitative estimate of drug-likeness (QED) is 0.164. The number of rotatable bonds is 3. The normalized spacial score (nSPS) is 40.3. The molecule has 2 aliphatic heterocycles. The van der Waals surface area contributed by atoms with Gasteiger partial charge in [0.1, 0.15) is 29.5 Å². The number of carboxylic acid groups (broad SMARTS) is 1. The molecule has 0 aromatic rings. The highest BCUT2D eigenvalue weighted by atomic mass is 16.7. The summed E-state index contributed by atoms with van der Waals surface area (Å²) >= 11 is 0. The molecule has 2 heterocycles. The third-order valence-electron chi connectivity index (χ3n) is 11.8. The molecule has 19 heteroatoms. The Bertz CT molecular complexity index is 1650. The van der Waals surface area contributed by atoms with Crippen LogP contribution < -0.4 is 5.73 Å². The highest BCUT2D eigenvalue weighted by Gasteiger charge is 2.43. The van der Waals surface area contributed by atoms with E-state index in [-0.39, 0.29) is 25.7 Å². The van der Waals surface area contributed by atoms with Gasteiger partial charge >= 0.3 is 11.9 Å². The summed E-state index contributed by atoms with van der Waals surface area (Å²) in [5, 5.41) is 127. The molecule has 0 saturated carbocycles. The molecule has 2 rings (SSSR count). The van der Waals surface area contributed by atoms with E-state index >= 15 is 0 Å². The van der Waals surface area contributed by atoms with Gasteiger partial charge < -0.3 is 81.2 Å². The summed E-state index contributed by atoms with van der Waals surface area (Å²) in [6, 6.07) is -1.16. The summed E-state index contributed by atoms with van der Waals surface area (Å²) in [5.74, 6) is -6.01. The van der Waals surface area contributed by atoms with Crippen molar-refractivity contribution in [3.05, 3.63) is 72.9 Å². The molecule has 0 bridgehead atoms. The Balaban J connectivity index is 2.29. The zero-order valence-corrected chi connectivity index (χ0v) is 38.2. The number of hydrogen-bond donors (Lipinski definition) is 13. The van der Waals surface area contributed by atoms with Gasteiger partial charge in [0.25, 0.3) is 0 Å². The first-order chi connectivity index (χ1) is 30.9. The lowest BCUT2D eigenvalue weighted by molar-refractivity contribution is -0.277. The molecule has 14 N–H and O–H groups in total. The molecule has 2 aliphatic rings. The van der Waals surface area contributed by atoms with Gasteiger partial charge in [-0.1, -0.05) is 79.8 Å². The number of nitrogens with two attached hydrogens (primary N) is 1. The van der Waals surface area contributed by atoms with Crippen molar-refractivity contribution in [1.29, 1.82) is 0 Å². The predicted octanol–water partition coefficient (Wildman–Crippen LogP) is -0.107. The van der Waals surface area contributed by atoms with Crippen molar-refractivity contribution >= 4 is 17.7 Å². The van der Waals surface area contributed by atoms with Crippen LogP contribution in [0.25, 0.3) is 0 Å². The Morgan fingerprint density at radius 3 is 1.89 bits per heavy atom. The Hall–Kier alpha value is -3.51. The molecule has 0 aromatic carbocycles. The van der Waals surface area contributed by atoms with Gasteiger partial charge in [-0.3, -0.25) is 14.4 Å².